The van der Waals surface area contributed by atoms with E-state index in [9.17, 15) is 9.18 Å². The molecule has 1 atom stereocenters. The lowest BCUT2D eigenvalue weighted by molar-refractivity contribution is -0.116. The van der Waals surface area contributed by atoms with Crippen LogP contribution in [-0.2, 0) is 4.79 Å². The maximum atomic E-state index is 13.4. The molecule has 104 valence electrons. The van der Waals surface area contributed by atoms with E-state index in [0.29, 0.717) is 0 Å². The van der Waals surface area contributed by atoms with Gasteiger partial charge in [-0.15, -0.1) is 0 Å². The fraction of sp³-hybridized carbons (Fsp3) is 0.133. The van der Waals surface area contributed by atoms with E-state index in [1.807, 2.05) is 24.3 Å². The van der Waals surface area contributed by atoms with Crippen molar-refractivity contribution in [3.05, 3.63) is 58.8 Å². The first-order valence-corrected chi connectivity index (χ1v) is 6.93. The van der Waals surface area contributed by atoms with Crippen LogP contribution in [0.1, 0.15) is 6.92 Å². The number of halogens is 2. The monoisotopic (exact) mass is 336 g/mol. The number of rotatable bonds is 4. The molecule has 0 radical (unpaired) electrons. The number of carbonyl (C=O) groups excluding carboxylic acids is 1. The van der Waals surface area contributed by atoms with Crippen molar-refractivity contribution in [1.29, 1.82) is 0 Å². The Balaban J connectivity index is 1.99. The maximum Gasteiger partial charge on any atom is 0.246 e. The molecule has 3 nitrogen and oxygen atoms in total. The Bertz CT molecular complexity index is 601. The minimum Gasteiger partial charge on any atom is -0.374 e. The number of hydrogen-bond acceptors (Lipinski definition) is 2. The number of benzene rings is 2. The van der Waals surface area contributed by atoms with Gasteiger partial charge in [-0.1, -0.05) is 28.1 Å². The van der Waals surface area contributed by atoms with Gasteiger partial charge in [-0.05, 0) is 43.3 Å². The fourth-order valence-electron chi connectivity index (χ4n) is 1.67. The largest absolute Gasteiger partial charge is 0.374 e. The molecule has 0 fully saturated rings. The van der Waals surface area contributed by atoms with Crippen LogP contribution in [0.2, 0.25) is 0 Å². The Kier molecular flexibility index (Phi) is 4.74. The molecule has 0 aromatic heterocycles. The lowest BCUT2D eigenvalue weighted by Gasteiger charge is -2.15. The number of amides is 1. The summed E-state index contributed by atoms with van der Waals surface area (Å²) in [6.45, 7) is 1.72. The summed E-state index contributed by atoms with van der Waals surface area (Å²) in [5, 5.41) is 5.61. The lowest BCUT2D eigenvalue weighted by atomic mass is 10.2. The van der Waals surface area contributed by atoms with Crippen LogP contribution < -0.4 is 10.6 Å². The molecule has 2 N–H and O–H groups in total. The molecule has 0 unspecified atom stereocenters. The van der Waals surface area contributed by atoms with E-state index in [0.717, 1.165) is 10.2 Å². The number of hydrogen-bond donors (Lipinski definition) is 2. The zero-order valence-electron chi connectivity index (χ0n) is 10.9. The van der Waals surface area contributed by atoms with E-state index < -0.39 is 11.9 Å². The van der Waals surface area contributed by atoms with Crippen molar-refractivity contribution in [2.75, 3.05) is 10.6 Å². The molecule has 2 rings (SSSR count). The first-order chi connectivity index (χ1) is 9.56. The molecule has 0 aliphatic rings. The number of nitrogens with one attached hydrogen (secondary N) is 2. The first-order valence-electron chi connectivity index (χ1n) is 6.14. The van der Waals surface area contributed by atoms with Crippen molar-refractivity contribution in [2.24, 2.45) is 0 Å². The summed E-state index contributed by atoms with van der Waals surface area (Å²) in [7, 11) is 0. The summed E-state index contributed by atoms with van der Waals surface area (Å²) < 4.78 is 14.4. The molecule has 2 aromatic carbocycles. The van der Waals surface area contributed by atoms with Crippen molar-refractivity contribution in [2.45, 2.75) is 13.0 Å². The van der Waals surface area contributed by atoms with Gasteiger partial charge >= 0.3 is 0 Å². The molecular formula is C15H14BrFN2O. The quantitative estimate of drug-likeness (QED) is 0.885. The predicted octanol–water partition coefficient (Wildman–Crippen LogP) is 4.03. The van der Waals surface area contributed by atoms with Gasteiger partial charge < -0.3 is 10.6 Å². The Morgan fingerprint density at radius 2 is 1.80 bits per heavy atom. The highest BCUT2D eigenvalue weighted by molar-refractivity contribution is 9.10. The summed E-state index contributed by atoms with van der Waals surface area (Å²) in [6.07, 6.45) is 0. The first kappa shape index (κ1) is 14.5. The topological polar surface area (TPSA) is 41.1 Å². The van der Waals surface area contributed by atoms with Crippen molar-refractivity contribution in [3.63, 3.8) is 0 Å². The van der Waals surface area contributed by atoms with Gasteiger partial charge in [0.2, 0.25) is 5.91 Å². The summed E-state index contributed by atoms with van der Waals surface area (Å²) in [4.78, 5) is 12.0. The molecule has 0 bridgehead atoms. The second kappa shape index (κ2) is 6.52. The SMILES string of the molecule is C[C@@H](Nc1ccc(Br)cc1)C(=O)Nc1ccccc1F. The van der Waals surface area contributed by atoms with Crippen molar-refractivity contribution in [1.82, 2.24) is 0 Å². The molecule has 5 heteroatoms. The molecule has 0 aliphatic carbocycles. The second-order valence-electron chi connectivity index (χ2n) is 4.34. The molecule has 0 spiro atoms. The molecule has 0 heterocycles. The summed E-state index contributed by atoms with van der Waals surface area (Å²) in [5.74, 6) is -0.741. The van der Waals surface area contributed by atoms with Crippen LogP contribution in [0, 0.1) is 5.82 Å². The van der Waals surface area contributed by atoms with Gasteiger partial charge in [0.05, 0.1) is 5.69 Å². The fourth-order valence-corrected chi connectivity index (χ4v) is 1.93. The van der Waals surface area contributed by atoms with Crippen LogP contribution in [0.5, 0.6) is 0 Å². The molecular weight excluding hydrogens is 323 g/mol. The van der Waals surface area contributed by atoms with Crippen LogP contribution in [0.25, 0.3) is 0 Å². The Hall–Kier alpha value is -1.88. The number of para-hydroxylation sites is 1. The zero-order valence-corrected chi connectivity index (χ0v) is 12.4. The van der Waals surface area contributed by atoms with E-state index in [1.165, 1.54) is 12.1 Å². The van der Waals surface area contributed by atoms with Gasteiger partial charge in [0, 0.05) is 10.2 Å². The van der Waals surface area contributed by atoms with Gasteiger partial charge in [-0.2, -0.15) is 0 Å². The van der Waals surface area contributed by atoms with E-state index in [1.54, 1.807) is 19.1 Å². The van der Waals surface area contributed by atoms with Crippen LogP contribution in [0.4, 0.5) is 15.8 Å². The summed E-state index contributed by atoms with van der Waals surface area (Å²) in [6, 6.07) is 13.1. The van der Waals surface area contributed by atoms with Gasteiger partial charge in [0.25, 0.3) is 0 Å². The molecule has 2 aromatic rings. The van der Waals surface area contributed by atoms with Crippen LogP contribution in [-0.4, -0.2) is 11.9 Å². The molecule has 20 heavy (non-hydrogen) atoms. The summed E-state index contributed by atoms with van der Waals surface area (Å²) in [5.41, 5.74) is 1.01. The highest BCUT2D eigenvalue weighted by Crippen LogP contribution is 2.16. The van der Waals surface area contributed by atoms with Gasteiger partial charge in [0.15, 0.2) is 0 Å². The third-order valence-electron chi connectivity index (χ3n) is 2.75. The lowest BCUT2D eigenvalue weighted by Crippen LogP contribution is -2.32. The van der Waals surface area contributed by atoms with E-state index in [2.05, 4.69) is 26.6 Å². The van der Waals surface area contributed by atoms with Crippen molar-refractivity contribution >= 4 is 33.2 Å². The Labute approximate surface area is 125 Å². The van der Waals surface area contributed by atoms with E-state index in [4.69, 9.17) is 0 Å². The number of carbonyl (C=O) groups is 1. The molecule has 1 amide bonds. The van der Waals surface area contributed by atoms with E-state index in [-0.39, 0.29) is 11.6 Å². The van der Waals surface area contributed by atoms with Crippen molar-refractivity contribution in [3.8, 4) is 0 Å². The smallest absolute Gasteiger partial charge is 0.246 e. The normalized spacial score (nSPS) is 11.8. The van der Waals surface area contributed by atoms with Crippen LogP contribution >= 0.6 is 15.9 Å². The average molecular weight is 337 g/mol. The third-order valence-corrected chi connectivity index (χ3v) is 3.28. The van der Waals surface area contributed by atoms with Gasteiger partial charge in [0.1, 0.15) is 11.9 Å². The Morgan fingerprint density at radius 1 is 1.15 bits per heavy atom. The van der Waals surface area contributed by atoms with E-state index >= 15 is 0 Å². The van der Waals surface area contributed by atoms with Gasteiger partial charge in [-0.25, -0.2) is 4.39 Å². The standard InChI is InChI=1S/C15H14BrFN2O/c1-10(18-12-8-6-11(16)7-9-12)15(20)19-14-5-3-2-4-13(14)17/h2-10,18H,1H3,(H,19,20)/t10-/m1/s1. The molecule has 0 aliphatic heterocycles. The maximum absolute atomic E-state index is 13.4. The molecule has 0 saturated carbocycles. The summed E-state index contributed by atoms with van der Waals surface area (Å²) >= 11 is 3.34. The van der Waals surface area contributed by atoms with Crippen molar-refractivity contribution < 1.29 is 9.18 Å². The zero-order chi connectivity index (χ0) is 14.5. The second-order valence-corrected chi connectivity index (χ2v) is 5.26. The average Bonchev–Trinajstić information content (AvgIpc) is 2.44. The van der Waals surface area contributed by atoms with Crippen LogP contribution in [0.15, 0.2) is 53.0 Å². The molecule has 0 saturated heterocycles. The predicted molar refractivity (Wildman–Crippen MR) is 82.3 cm³/mol. The minimum atomic E-state index is -0.476. The highest BCUT2D eigenvalue weighted by atomic mass is 79.9. The van der Waals surface area contributed by atoms with Crippen LogP contribution in [0.3, 0.4) is 0 Å². The number of anilines is 2. The third kappa shape index (κ3) is 3.81. The minimum absolute atomic E-state index is 0.182. The Morgan fingerprint density at radius 3 is 2.45 bits per heavy atom. The highest BCUT2D eigenvalue weighted by Gasteiger charge is 2.14. The van der Waals surface area contributed by atoms with Gasteiger partial charge in [-0.3, -0.25) is 4.79 Å².